The van der Waals surface area contributed by atoms with Crippen LogP contribution in [0, 0.1) is 26.7 Å². The lowest BCUT2D eigenvalue weighted by Crippen LogP contribution is -2.43. The number of likely N-dealkylation sites (tertiary alicyclic amines) is 1. The molecule has 0 bridgehead atoms. The Bertz CT molecular complexity index is 1070. The number of rotatable bonds is 6. The van der Waals surface area contributed by atoms with Gasteiger partial charge in [0.15, 0.2) is 0 Å². The van der Waals surface area contributed by atoms with Crippen molar-refractivity contribution in [1.29, 1.82) is 0 Å². The summed E-state index contributed by atoms with van der Waals surface area (Å²) in [6.45, 7) is 10.2. The number of benzene rings is 2. The minimum absolute atomic E-state index is 0.000431. The summed E-state index contributed by atoms with van der Waals surface area (Å²) >= 11 is 0. The van der Waals surface area contributed by atoms with Crippen molar-refractivity contribution >= 4 is 17.6 Å². The first-order chi connectivity index (χ1) is 16.4. The highest BCUT2D eigenvalue weighted by molar-refractivity contribution is 6.04. The molecule has 0 radical (unpaired) electrons. The van der Waals surface area contributed by atoms with Gasteiger partial charge in [0.25, 0.3) is 5.91 Å². The predicted molar refractivity (Wildman–Crippen MR) is 134 cm³/mol. The van der Waals surface area contributed by atoms with Crippen molar-refractivity contribution in [2.24, 2.45) is 11.0 Å². The number of amides is 1. The van der Waals surface area contributed by atoms with Crippen LogP contribution in [0.5, 0.6) is 0 Å². The molecule has 0 N–H and O–H groups in total. The molecular weight excluding hydrogens is 426 g/mol. The number of ether oxygens (including phenoxy) is 1. The Labute approximate surface area is 202 Å². The number of piperidine rings is 1. The van der Waals surface area contributed by atoms with Crippen LogP contribution in [0.15, 0.2) is 47.6 Å². The van der Waals surface area contributed by atoms with Gasteiger partial charge in [-0.3, -0.25) is 14.5 Å². The van der Waals surface area contributed by atoms with E-state index in [1.54, 1.807) is 5.01 Å². The number of aryl methyl sites for hydroxylation is 3. The van der Waals surface area contributed by atoms with Gasteiger partial charge in [-0.2, -0.15) is 5.10 Å². The summed E-state index contributed by atoms with van der Waals surface area (Å²) < 4.78 is 5.17. The Morgan fingerprint density at radius 1 is 1.00 bits per heavy atom. The number of hydrogen-bond donors (Lipinski definition) is 0. The molecule has 0 saturated carbocycles. The van der Waals surface area contributed by atoms with Gasteiger partial charge >= 0.3 is 5.97 Å². The summed E-state index contributed by atoms with van der Waals surface area (Å²) in [6.07, 6.45) is 2.15. The number of hydrazone groups is 1. The second kappa shape index (κ2) is 10.5. The van der Waals surface area contributed by atoms with E-state index in [0.717, 1.165) is 29.7 Å². The largest absolute Gasteiger partial charge is 0.466 e. The van der Waals surface area contributed by atoms with E-state index in [0.29, 0.717) is 32.7 Å². The molecule has 1 atom stereocenters. The van der Waals surface area contributed by atoms with Crippen LogP contribution in [-0.4, -0.2) is 53.7 Å². The normalized spacial score (nSPS) is 19.2. The molecule has 1 saturated heterocycles. The zero-order valence-electron chi connectivity index (χ0n) is 20.7. The number of nitrogens with zero attached hydrogens (tertiary/aromatic N) is 3. The van der Waals surface area contributed by atoms with Crippen LogP contribution < -0.4 is 0 Å². The van der Waals surface area contributed by atoms with Gasteiger partial charge in [0.1, 0.15) is 0 Å². The second-order valence-corrected chi connectivity index (χ2v) is 9.54. The fourth-order valence-corrected chi connectivity index (χ4v) is 4.85. The van der Waals surface area contributed by atoms with Crippen LogP contribution in [-0.2, 0) is 14.3 Å². The third kappa shape index (κ3) is 5.39. The van der Waals surface area contributed by atoms with E-state index >= 15 is 0 Å². The Morgan fingerprint density at radius 3 is 2.35 bits per heavy atom. The van der Waals surface area contributed by atoms with Crippen LogP contribution in [0.1, 0.15) is 60.0 Å². The SMILES string of the molecule is CCOC(=O)C1CCN(CC(=O)N2N=C(c3cc(C)ccc3C)C[C@@H]2c2ccc(C)cc2)CC1. The Kier molecular flexibility index (Phi) is 7.47. The van der Waals surface area contributed by atoms with Gasteiger partial charge < -0.3 is 4.74 Å². The number of carbonyl (C=O) groups is 2. The van der Waals surface area contributed by atoms with E-state index in [4.69, 9.17) is 9.84 Å². The lowest BCUT2D eigenvalue weighted by Gasteiger charge is -2.32. The highest BCUT2D eigenvalue weighted by Gasteiger charge is 2.35. The zero-order chi connectivity index (χ0) is 24.2. The van der Waals surface area contributed by atoms with E-state index in [1.807, 2.05) is 6.92 Å². The fraction of sp³-hybridized carbons (Fsp3) is 0.464. The van der Waals surface area contributed by atoms with Gasteiger partial charge in [0, 0.05) is 12.0 Å². The van der Waals surface area contributed by atoms with E-state index in [-0.39, 0.29) is 23.8 Å². The molecule has 2 aromatic rings. The molecule has 180 valence electrons. The molecule has 6 nitrogen and oxygen atoms in total. The molecule has 0 spiro atoms. The number of carbonyl (C=O) groups excluding carboxylic acids is 2. The average Bonchev–Trinajstić information content (AvgIpc) is 3.27. The zero-order valence-corrected chi connectivity index (χ0v) is 20.7. The highest BCUT2D eigenvalue weighted by atomic mass is 16.5. The summed E-state index contributed by atoms with van der Waals surface area (Å²) in [7, 11) is 0. The molecule has 1 fully saturated rings. The molecule has 0 unspecified atom stereocenters. The summed E-state index contributed by atoms with van der Waals surface area (Å²) in [5.74, 6) is -0.178. The Balaban J connectivity index is 1.52. The van der Waals surface area contributed by atoms with E-state index in [9.17, 15) is 9.59 Å². The molecule has 2 aliphatic heterocycles. The van der Waals surface area contributed by atoms with Crippen molar-refractivity contribution in [3.8, 4) is 0 Å². The van der Waals surface area contributed by atoms with Gasteiger partial charge in [0.2, 0.25) is 0 Å². The first-order valence-corrected chi connectivity index (χ1v) is 12.3. The third-order valence-corrected chi connectivity index (χ3v) is 6.90. The predicted octanol–water partition coefficient (Wildman–Crippen LogP) is 4.56. The average molecular weight is 462 g/mol. The van der Waals surface area contributed by atoms with Gasteiger partial charge in [-0.15, -0.1) is 0 Å². The van der Waals surface area contributed by atoms with Crippen LogP contribution in [0.3, 0.4) is 0 Å². The van der Waals surface area contributed by atoms with Gasteiger partial charge in [-0.05, 0) is 70.8 Å². The maximum atomic E-state index is 13.5. The van der Waals surface area contributed by atoms with Crippen molar-refractivity contribution in [2.75, 3.05) is 26.2 Å². The number of esters is 1. The van der Waals surface area contributed by atoms with Crippen LogP contribution >= 0.6 is 0 Å². The van der Waals surface area contributed by atoms with Crippen LogP contribution in [0.25, 0.3) is 0 Å². The van der Waals surface area contributed by atoms with Crippen molar-refractivity contribution in [3.05, 3.63) is 70.3 Å². The molecule has 2 aliphatic rings. The molecule has 0 aromatic heterocycles. The minimum Gasteiger partial charge on any atom is -0.466 e. The van der Waals surface area contributed by atoms with E-state index < -0.39 is 0 Å². The Hall–Kier alpha value is -2.99. The standard InChI is InChI=1S/C28H35N3O3/c1-5-34-28(33)23-12-14-30(15-13-23)18-27(32)31-26(22-10-7-19(2)8-11-22)17-25(29-31)24-16-20(3)6-9-21(24)4/h6-11,16,23,26H,5,12-15,17-18H2,1-4H3/t26-/m1/s1. The lowest BCUT2D eigenvalue weighted by molar-refractivity contribution is -0.149. The van der Waals surface area contributed by atoms with Gasteiger partial charge in [0.05, 0.1) is 30.8 Å². The molecule has 2 heterocycles. The fourth-order valence-electron chi connectivity index (χ4n) is 4.85. The minimum atomic E-state index is -0.116. The van der Waals surface area contributed by atoms with Gasteiger partial charge in [-0.1, -0.05) is 47.5 Å². The second-order valence-electron chi connectivity index (χ2n) is 9.54. The molecule has 34 heavy (non-hydrogen) atoms. The third-order valence-electron chi connectivity index (χ3n) is 6.90. The molecule has 0 aliphatic carbocycles. The highest BCUT2D eigenvalue weighted by Crippen LogP contribution is 2.34. The molecule has 4 rings (SSSR count). The first-order valence-electron chi connectivity index (χ1n) is 12.3. The van der Waals surface area contributed by atoms with Gasteiger partial charge in [-0.25, -0.2) is 5.01 Å². The summed E-state index contributed by atoms with van der Waals surface area (Å²) in [5.41, 5.74) is 6.72. The maximum Gasteiger partial charge on any atom is 0.309 e. The quantitative estimate of drug-likeness (QED) is 0.592. The van der Waals surface area contributed by atoms with Crippen LogP contribution in [0.4, 0.5) is 0 Å². The lowest BCUT2D eigenvalue weighted by atomic mass is 9.94. The topological polar surface area (TPSA) is 62.2 Å². The molecular formula is C28H35N3O3. The maximum absolute atomic E-state index is 13.5. The summed E-state index contributed by atoms with van der Waals surface area (Å²) in [6, 6.07) is 14.7. The Morgan fingerprint density at radius 2 is 1.68 bits per heavy atom. The summed E-state index contributed by atoms with van der Waals surface area (Å²) in [4.78, 5) is 27.7. The monoisotopic (exact) mass is 461 g/mol. The van der Waals surface area contributed by atoms with Crippen molar-refractivity contribution in [1.82, 2.24) is 9.91 Å². The first kappa shape index (κ1) is 24.1. The van der Waals surface area contributed by atoms with Crippen molar-refractivity contribution in [3.63, 3.8) is 0 Å². The smallest absolute Gasteiger partial charge is 0.309 e. The van der Waals surface area contributed by atoms with Crippen molar-refractivity contribution in [2.45, 2.75) is 53.0 Å². The number of hydrogen-bond acceptors (Lipinski definition) is 5. The molecule has 1 amide bonds. The molecule has 2 aromatic carbocycles. The van der Waals surface area contributed by atoms with Crippen LogP contribution in [0.2, 0.25) is 0 Å². The summed E-state index contributed by atoms with van der Waals surface area (Å²) in [5, 5.41) is 6.57. The van der Waals surface area contributed by atoms with E-state index in [2.05, 4.69) is 68.1 Å². The van der Waals surface area contributed by atoms with Crippen molar-refractivity contribution < 1.29 is 14.3 Å². The van der Waals surface area contributed by atoms with E-state index in [1.165, 1.54) is 16.7 Å². The molecule has 6 heteroatoms.